The minimum atomic E-state index is -0.866. The second kappa shape index (κ2) is 6.02. The first-order valence-corrected chi connectivity index (χ1v) is 7.34. The normalized spacial score (nSPS) is 17.8. The number of hydrogen-bond acceptors (Lipinski definition) is 2. The predicted molar refractivity (Wildman–Crippen MR) is 78.3 cm³/mol. The highest BCUT2D eigenvalue weighted by Gasteiger charge is 2.43. The Balaban J connectivity index is 2.28. The Morgan fingerprint density at radius 1 is 1.33 bits per heavy atom. The molecule has 2 amide bonds. The van der Waals surface area contributed by atoms with Crippen LogP contribution in [0, 0.1) is 5.82 Å². The second-order valence-corrected chi connectivity index (χ2v) is 5.59. The van der Waals surface area contributed by atoms with E-state index in [1.807, 2.05) is 13.8 Å². The number of benzene rings is 1. The maximum absolute atomic E-state index is 13.5. The molecule has 1 aromatic rings. The Bertz CT molecular complexity index is 573. The summed E-state index contributed by atoms with van der Waals surface area (Å²) < 4.78 is 13.5. The van der Waals surface area contributed by atoms with Gasteiger partial charge in [-0.2, -0.15) is 0 Å². The van der Waals surface area contributed by atoms with Crippen LogP contribution in [0.1, 0.15) is 32.3 Å². The molecule has 2 rings (SSSR count). The van der Waals surface area contributed by atoms with E-state index < -0.39 is 11.4 Å². The minimum absolute atomic E-state index is 0.00474. The van der Waals surface area contributed by atoms with E-state index in [4.69, 9.17) is 11.6 Å². The summed E-state index contributed by atoms with van der Waals surface area (Å²) in [5.41, 5.74) is -0.365. The van der Waals surface area contributed by atoms with Gasteiger partial charge >= 0.3 is 0 Å². The van der Waals surface area contributed by atoms with Gasteiger partial charge in [0, 0.05) is 6.54 Å². The molecule has 0 atom stereocenters. The minimum Gasteiger partial charge on any atom is -0.340 e. The van der Waals surface area contributed by atoms with Crippen molar-refractivity contribution in [2.45, 2.75) is 38.8 Å². The fourth-order valence-electron chi connectivity index (χ4n) is 2.64. The van der Waals surface area contributed by atoms with Crippen LogP contribution in [-0.2, 0) is 16.1 Å². The number of carbonyl (C=O) groups is 2. The van der Waals surface area contributed by atoms with Crippen molar-refractivity contribution >= 4 is 23.4 Å². The molecule has 1 heterocycles. The van der Waals surface area contributed by atoms with E-state index in [-0.39, 0.29) is 29.9 Å². The molecule has 114 valence electrons. The molecule has 1 aliphatic rings. The van der Waals surface area contributed by atoms with Crippen molar-refractivity contribution in [1.29, 1.82) is 0 Å². The molecular formula is C15H18ClFN2O2. The summed E-state index contributed by atoms with van der Waals surface area (Å²) in [5.74, 6) is -0.876. The van der Waals surface area contributed by atoms with Crippen LogP contribution >= 0.6 is 11.6 Å². The quantitative estimate of drug-likeness (QED) is 0.928. The van der Waals surface area contributed by atoms with Crippen molar-refractivity contribution in [2.24, 2.45) is 0 Å². The number of piperazine rings is 1. The Morgan fingerprint density at radius 2 is 2.00 bits per heavy atom. The third kappa shape index (κ3) is 2.88. The lowest BCUT2D eigenvalue weighted by Gasteiger charge is -2.41. The summed E-state index contributed by atoms with van der Waals surface area (Å²) in [7, 11) is 0. The van der Waals surface area contributed by atoms with Crippen molar-refractivity contribution in [3.05, 3.63) is 34.6 Å². The molecule has 0 unspecified atom stereocenters. The van der Waals surface area contributed by atoms with Gasteiger partial charge in [-0.3, -0.25) is 9.59 Å². The van der Waals surface area contributed by atoms with Crippen molar-refractivity contribution in [1.82, 2.24) is 10.2 Å². The molecular weight excluding hydrogens is 295 g/mol. The molecule has 6 heteroatoms. The van der Waals surface area contributed by atoms with Crippen LogP contribution in [0.15, 0.2) is 18.2 Å². The molecule has 1 aliphatic heterocycles. The van der Waals surface area contributed by atoms with E-state index in [9.17, 15) is 14.0 Å². The zero-order chi connectivity index (χ0) is 15.6. The standard InChI is InChI=1S/C15H18ClFN2O2/c1-3-15(4-2)14(21)19(9-12(20)18-15)8-10-6-5-7-11(17)13(10)16/h5-7H,3-4,8-9H2,1-2H3,(H,18,20). The van der Waals surface area contributed by atoms with E-state index in [1.54, 1.807) is 6.07 Å². The van der Waals surface area contributed by atoms with Gasteiger partial charge in [0.25, 0.3) is 0 Å². The molecule has 1 saturated heterocycles. The van der Waals surface area contributed by atoms with Gasteiger partial charge in [0.15, 0.2) is 0 Å². The summed E-state index contributed by atoms with van der Waals surface area (Å²) in [4.78, 5) is 25.9. The summed E-state index contributed by atoms with van der Waals surface area (Å²) in [6.07, 6.45) is 1.03. The van der Waals surface area contributed by atoms with Crippen LogP contribution in [0.5, 0.6) is 0 Å². The van der Waals surface area contributed by atoms with E-state index in [1.165, 1.54) is 17.0 Å². The van der Waals surface area contributed by atoms with E-state index in [0.717, 1.165) is 0 Å². The topological polar surface area (TPSA) is 49.4 Å². The number of nitrogens with zero attached hydrogens (tertiary/aromatic N) is 1. The highest BCUT2D eigenvalue weighted by molar-refractivity contribution is 6.31. The Hall–Kier alpha value is -1.62. The van der Waals surface area contributed by atoms with Gasteiger partial charge in [-0.25, -0.2) is 4.39 Å². The first-order chi connectivity index (χ1) is 9.93. The smallest absolute Gasteiger partial charge is 0.249 e. The summed E-state index contributed by atoms with van der Waals surface area (Å²) in [5, 5.41) is 2.78. The lowest BCUT2D eigenvalue weighted by molar-refractivity contribution is -0.151. The van der Waals surface area contributed by atoms with Crippen LogP contribution in [0.2, 0.25) is 5.02 Å². The number of hydrogen-bond donors (Lipinski definition) is 1. The lowest BCUT2D eigenvalue weighted by Crippen LogP contribution is -2.65. The summed E-state index contributed by atoms with van der Waals surface area (Å²) >= 11 is 5.92. The van der Waals surface area contributed by atoms with Gasteiger partial charge < -0.3 is 10.2 Å². The molecule has 1 aromatic carbocycles. The van der Waals surface area contributed by atoms with Crippen LogP contribution in [0.25, 0.3) is 0 Å². The molecule has 0 bridgehead atoms. The average molecular weight is 313 g/mol. The summed E-state index contributed by atoms with van der Waals surface area (Å²) in [6, 6.07) is 4.46. The third-order valence-electron chi connectivity index (χ3n) is 4.01. The molecule has 0 aromatic heterocycles. The van der Waals surface area contributed by atoms with Crippen molar-refractivity contribution < 1.29 is 14.0 Å². The fraction of sp³-hybridized carbons (Fsp3) is 0.467. The van der Waals surface area contributed by atoms with E-state index in [0.29, 0.717) is 18.4 Å². The van der Waals surface area contributed by atoms with Crippen LogP contribution in [0.3, 0.4) is 0 Å². The SMILES string of the molecule is CCC1(CC)NC(=O)CN(Cc2cccc(F)c2Cl)C1=O. The third-order valence-corrected chi connectivity index (χ3v) is 4.43. The monoisotopic (exact) mass is 312 g/mol. The van der Waals surface area contributed by atoms with Crippen molar-refractivity contribution in [2.75, 3.05) is 6.54 Å². The fourth-order valence-corrected chi connectivity index (χ4v) is 2.83. The Morgan fingerprint density at radius 3 is 2.62 bits per heavy atom. The summed E-state index contributed by atoms with van der Waals surface area (Å²) in [6.45, 7) is 3.82. The predicted octanol–water partition coefficient (Wildman–Crippen LogP) is 2.50. The number of carbonyl (C=O) groups excluding carboxylic acids is 2. The Kier molecular flexibility index (Phi) is 4.52. The molecule has 21 heavy (non-hydrogen) atoms. The van der Waals surface area contributed by atoms with Crippen molar-refractivity contribution in [3.8, 4) is 0 Å². The van der Waals surface area contributed by atoms with Gasteiger partial charge in [-0.1, -0.05) is 37.6 Å². The van der Waals surface area contributed by atoms with E-state index in [2.05, 4.69) is 5.32 Å². The average Bonchev–Trinajstić information content (AvgIpc) is 2.47. The lowest BCUT2D eigenvalue weighted by atomic mass is 9.88. The highest BCUT2D eigenvalue weighted by Crippen LogP contribution is 2.26. The molecule has 0 aliphatic carbocycles. The number of halogens is 2. The zero-order valence-corrected chi connectivity index (χ0v) is 12.8. The first-order valence-electron chi connectivity index (χ1n) is 6.96. The van der Waals surface area contributed by atoms with Crippen LogP contribution in [-0.4, -0.2) is 28.8 Å². The van der Waals surface area contributed by atoms with Crippen LogP contribution in [0.4, 0.5) is 4.39 Å². The Labute approximate surface area is 128 Å². The molecule has 0 radical (unpaired) electrons. The van der Waals surface area contributed by atoms with Gasteiger partial charge in [-0.05, 0) is 24.5 Å². The maximum atomic E-state index is 13.5. The van der Waals surface area contributed by atoms with Crippen molar-refractivity contribution in [3.63, 3.8) is 0 Å². The molecule has 0 spiro atoms. The molecule has 1 fully saturated rings. The molecule has 0 saturated carbocycles. The maximum Gasteiger partial charge on any atom is 0.249 e. The van der Waals surface area contributed by atoms with Gasteiger partial charge in [0.2, 0.25) is 11.8 Å². The van der Waals surface area contributed by atoms with Gasteiger partial charge in [-0.15, -0.1) is 0 Å². The number of rotatable bonds is 4. The largest absolute Gasteiger partial charge is 0.340 e. The van der Waals surface area contributed by atoms with Gasteiger partial charge in [0.05, 0.1) is 11.6 Å². The number of nitrogens with one attached hydrogen (secondary N) is 1. The number of amides is 2. The van der Waals surface area contributed by atoms with Crippen LogP contribution < -0.4 is 5.32 Å². The zero-order valence-electron chi connectivity index (χ0n) is 12.1. The highest BCUT2D eigenvalue weighted by atomic mass is 35.5. The first kappa shape index (κ1) is 15.8. The molecule has 4 nitrogen and oxygen atoms in total. The van der Waals surface area contributed by atoms with E-state index >= 15 is 0 Å². The molecule has 1 N–H and O–H groups in total. The second-order valence-electron chi connectivity index (χ2n) is 5.21. The van der Waals surface area contributed by atoms with Gasteiger partial charge in [0.1, 0.15) is 11.4 Å².